The summed E-state index contributed by atoms with van der Waals surface area (Å²) >= 11 is 7.34. The van der Waals surface area contributed by atoms with Gasteiger partial charge >= 0.3 is 0 Å². The first-order valence-electron chi connectivity index (χ1n) is 6.80. The average Bonchev–Trinajstić information content (AvgIpc) is 3.20. The predicted octanol–water partition coefficient (Wildman–Crippen LogP) is 4.05. The van der Waals surface area contributed by atoms with Crippen molar-refractivity contribution < 1.29 is 4.79 Å². The topological polar surface area (TPSA) is 41.5 Å². The van der Waals surface area contributed by atoms with Gasteiger partial charge in [-0.3, -0.25) is 4.79 Å². The van der Waals surface area contributed by atoms with Gasteiger partial charge in [-0.15, -0.1) is 11.3 Å². The van der Waals surface area contributed by atoms with E-state index in [1.54, 1.807) is 0 Å². The minimum Gasteiger partial charge on any atom is -0.273 e. The number of hydrogen-bond acceptors (Lipinski definition) is 3. The molecule has 5 heteroatoms. The molecule has 1 aromatic carbocycles. The number of benzene rings is 1. The summed E-state index contributed by atoms with van der Waals surface area (Å²) in [6.07, 6.45) is 0.898. The lowest BCUT2D eigenvalue weighted by Crippen LogP contribution is -2.21. The fourth-order valence-electron chi connectivity index (χ4n) is 2.34. The third kappa shape index (κ3) is 3.34. The Kier molecular flexibility index (Phi) is 4.08. The van der Waals surface area contributed by atoms with Crippen LogP contribution >= 0.6 is 22.9 Å². The summed E-state index contributed by atoms with van der Waals surface area (Å²) in [7, 11) is 0. The highest BCUT2D eigenvalue weighted by molar-refractivity contribution is 7.18. The molecular formula is C16H15ClN2OS. The maximum absolute atomic E-state index is 12.1. The third-order valence-electron chi connectivity index (χ3n) is 3.62. The summed E-state index contributed by atoms with van der Waals surface area (Å²) in [5, 5.41) is 4.17. The van der Waals surface area contributed by atoms with Crippen LogP contribution in [-0.2, 0) is 4.79 Å². The normalized spacial score (nSPS) is 21.1. The second-order valence-corrected chi connectivity index (χ2v) is 6.85. The van der Waals surface area contributed by atoms with Crippen LogP contribution in [0.1, 0.15) is 29.7 Å². The molecule has 0 radical (unpaired) electrons. The van der Waals surface area contributed by atoms with Gasteiger partial charge < -0.3 is 0 Å². The molecule has 1 aliphatic rings. The molecule has 108 valence electrons. The van der Waals surface area contributed by atoms with E-state index >= 15 is 0 Å². The molecule has 0 spiro atoms. The first-order valence-corrected chi connectivity index (χ1v) is 7.99. The Morgan fingerprint density at radius 2 is 2.05 bits per heavy atom. The summed E-state index contributed by atoms with van der Waals surface area (Å²) in [6, 6.07) is 13.9. The third-order valence-corrected chi connectivity index (χ3v) is 4.96. The van der Waals surface area contributed by atoms with Gasteiger partial charge in [0, 0.05) is 5.92 Å². The Labute approximate surface area is 132 Å². The van der Waals surface area contributed by atoms with Crippen LogP contribution in [0.5, 0.6) is 0 Å². The van der Waals surface area contributed by atoms with Gasteiger partial charge in [-0.05, 0) is 37.0 Å². The number of nitrogens with one attached hydrogen (secondary N) is 1. The molecular weight excluding hydrogens is 304 g/mol. The van der Waals surface area contributed by atoms with Crippen LogP contribution in [0.2, 0.25) is 4.34 Å². The summed E-state index contributed by atoms with van der Waals surface area (Å²) in [5.74, 6) is 0.361. The van der Waals surface area contributed by atoms with Crippen molar-refractivity contribution in [2.75, 3.05) is 0 Å². The van der Waals surface area contributed by atoms with Gasteiger partial charge in [-0.25, -0.2) is 5.43 Å². The van der Waals surface area contributed by atoms with E-state index in [9.17, 15) is 4.79 Å². The molecule has 1 saturated carbocycles. The quantitative estimate of drug-likeness (QED) is 0.670. The van der Waals surface area contributed by atoms with Crippen LogP contribution in [0.25, 0.3) is 0 Å². The molecule has 1 fully saturated rings. The first-order chi connectivity index (χ1) is 10.1. The molecule has 2 atom stereocenters. The van der Waals surface area contributed by atoms with Gasteiger partial charge in [0.2, 0.25) is 5.91 Å². The average molecular weight is 319 g/mol. The number of halogens is 1. The summed E-state index contributed by atoms with van der Waals surface area (Å²) in [4.78, 5) is 13.1. The highest BCUT2D eigenvalue weighted by atomic mass is 35.5. The van der Waals surface area contributed by atoms with Crippen LogP contribution in [0.4, 0.5) is 0 Å². The van der Waals surface area contributed by atoms with Gasteiger partial charge in [-0.2, -0.15) is 5.10 Å². The number of rotatable bonds is 4. The number of hydrogen-bond donors (Lipinski definition) is 1. The highest BCUT2D eigenvalue weighted by Gasteiger charge is 2.43. The molecule has 3 rings (SSSR count). The zero-order valence-corrected chi connectivity index (χ0v) is 13.1. The van der Waals surface area contributed by atoms with Gasteiger partial charge in [0.15, 0.2) is 0 Å². The van der Waals surface area contributed by atoms with E-state index in [2.05, 4.69) is 22.7 Å². The maximum Gasteiger partial charge on any atom is 0.243 e. The van der Waals surface area contributed by atoms with Crippen molar-refractivity contribution in [1.82, 2.24) is 5.43 Å². The van der Waals surface area contributed by atoms with Gasteiger partial charge in [-0.1, -0.05) is 41.9 Å². The predicted molar refractivity (Wildman–Crippen MR) is 87.0 cm³/mol. The van der Waals surface area contributed by atoms with E-state index in [-0.39, 0.29) is 11.8 Å². The van der Waals surface area contributed by atoms with E-state index in [1.807, 2.05) is 37.3 Å². The fraction of sp³-hybridized carbons (Fsp3) is 0.250. The van der Waals surface area contributed by atoms with Gasteiger partial charge in [0.05, 0.1) is 14.9 Å². The molecule has 1 aromatic heterocycles. The molecule has 21 heavy (non-hydrogen) atoms. The molecule has 0 saturated heterocycles. The number of thiophene rings is 1. The summed E-state index contributed by atoms with van der Waals surface area (Å²) < 4.78 is 0.720. The Hall–Kier alpha value is -1.65. The van der Waals surface area contributed by atoms with Crippen molar-refractivity contribution in [2.45, 2.75) is 19.3 Å². The van der Waals surface area contributed by atoms with Crippen molar-refractivity contribution in [3.05, 3.63) is 57.2 Å². The lowest BCUT2D eigenvalue weighted by atomic mass is 10.1. The fourth-order valence-corrected chi connectivity index (χ4v) is 3.33. The first kappa shape index (κ1) is 14.3. The van der Waals surface area contributed by atoms with Crippen molar-refractivity contribution in [3.8, 4) is 0 Å². The van der Waals surface area contributed by atoms with Crippen LogP contribution in [0.3, 0.4) is 0 Å². The second-order valence-electron chi connectivity index (χ2n) is 5.14. The van der Waals surface area contributed by atoms with Crippen molar-refractivity contribution in [3.63, 3.8) is 0 Å². The standard InChI is InChI=1S/C16H15ClN2OS/c1-10(14-7-8-15(17)21-14)18-19-16(20)13-9-12(13)11-5-3-2-4-6-11/h2-8,12-13H,9H2,1H3,(H,19,20)/b18-10-/t12-,13+/m1/s1. The van der Waals surface area contributed by atoms with Crippen LogP contribution < -0.4 is 5.43 Å². The van der Waals surface area contributed by atoms with E-state index in [1.165, 1.54) is 16.9 Å². The Morgan fingerprint density at radius 1 is 1.29 bits per heavy atom. The zero-order chi connectivity index (χ0) is 14.8. The van der Waals surface area contributed by atoms with Crippen molar-refractivity contribution >= 4 is 34.6 Å². The SMILES string of the molecule is C/C(=N/NC(=O)[C@H]1C[C@@H]1c1ccccc1)c1ccc(Cl)s1. The smallest absolute Gasteiger partial charge is 0.243 e. The maximum atomic E-state index is 12.1. The minimum atomic E-state index is -0.00847. The van der Waals surface area contributed by atoms with E-state index < -0.39 is 0 Å². The molecule has 0 unspecified atom stereocenters. The van der Waals surface area contributed by atoms with Gasteiger partial charge in [0.1, 0.15) is 0 Å². The highest BCUT2D eigenvalue weighted by Crippen LogP contribution is 2.47. The minimum absolute atomic E-state index is 0.00847. The number of hydrazone groups is 1. The Bertz CT molecular complexity index is 681. The van der Waals surface area contributed by atoms with Crippen molar-refractivity contribution in [1.29, 1.82) is 0 Å². The number of amides is 1. The van der Waals surface area contributed by atoms with Crippen LogP contribution in [0, 0.1) is 5.92 Å². The van der Waals surface area contributed by atoms with E-state index in [0.29, 0.717) is 5.92 Å². The summed E-state index contributed by atoms with van der Waals surface area (Å²) in [5.41, 5.74) is 4.66. The van der Waals surface area contributed by atoms with Crippen LogP contribution in [0.15, 0.2) is 47.6 Å². The lowest BCUT2D eigenvalue weighted by molar-refractivity contribution is -0.122. The molecule has 1 aliphatic carbocycles. The molecule has 1 amide bonds. The van der Waals surface area contributed by atoms with Gasteiger partial charge in [0.25, 0.3) is 0 Å². The van der Waals surface area contributed by atoms with Crippen molar-refractivity contribution in [2.24, 2.45) is 11.0 Å². The molecule has 1 heterocycles. The number of carbonyl (C=O) groups is 1. The Morgan fingerprint density at radius 3 is 2.71 bits per heavy atom. The zero-order valence-electron chi connectivity index (χ0n) is 11.5. The number of nitrogens with zero attached hydrogens (tertiary/aromatic N) is 1. The second kappa shape index (κ2) is 6.00. The lowest BCUT2D eigenvalue weighted by Gasteiger charge is -2.01. The monoisotopic (exact) mass is 318 g/mol. The Balaban J connectivity index is 1.58. The van der Waals surface area contributed by atoms with Crippen LogP contribution in [-0.4, -0.2) is 11.6 Å². The number of carbonyl (C=O) groups excluding carboxylic acids is 1. The molecule has 3 nitrogen and oxygen atoms in total. The molecule has 0 bridgehead atoms. The van der Waals surface area contributed by atoms with E-state index in [0.717, 1.165) is 21.3 Å². The molecule has 2 aromatic rings. The largest absolute Gasteiger partial charge is 0.273 e. The molecule has 1 N–H and O–H groups in total. The molecule has 0 aliphatic heterocycles. The summed E-state index contributed by atoms with van der Waals surface area (Å²) in [6.45, 7) is 1.87. The van der Waals surface area contributed by atoms with E-state index in [4.69, 9.17) is 11.6 Å².